The molecule has 0 radical (unpaired) electrons. The first kappa shape index (κ1) is 21.7. The molecular formula is C26H24N2O3S. The molecule has 0 bridgehead atoms. The third-order valence-corrected chi connectivity index (χ3v) is 6.43. The van der Waals surface area contributed by atoms with E-state index in [4.69, 9.17) is 4.74 Å². The van der Waals surface area contributed by atoms with Gasteiger partial charge in [-0.2, -0.15) is 0 Å². The predicted molar refractivity (Wildman–Crippen MR) is 129 cm³/mol. The molecule has 6 heteroatoms. The Morgan fingerprint density at radius 3 is 2.50 bits per heavy atom. The smallest absolute Gasteiger partial charge is 0.339 e. The van der Waals surface area contributed by atoms with Crippen LogP contribution in [0.4, 0.5) is 5.69 Å². The lowest BCUT2D eigenvalue weighted by atomic mass is 10.1. The van der Waals surface area contributed by atoms with Crippen molar-refractivity contribution in [2.24, 2.45) is 0 Å². The van der Waals surface area contributed by atoms with E-state index >= 15 is 0 Å². The second-order valence-electron chi connectivity index (χ2n) is 7.62. The summed E-state index contributed by atoms with van der Waals surface area (Å²) in [4.78, 5) is 30.5. The summed E-state index contributed by atoms with van der Waals surface area (Å²) in [5, 5.41) is 3.60. The summed E-state index contributed by atoms with van der Waals surface area (Å²) >= 11 is 1.52. The van der Waals surface area contributed by atoms with Crippen LogP contribution in [-0.4, -0.2) is 23.0 Å². The Morgan fingerprint density at radius 2 is 1.75 bits per heavy atom. The van der Waals surface area contributed by atoms with Crippen LogP contribution < -0.4 is 5.32 Å². The van der Waals surface area contributed by atoms with Crippen LogP contribution in [0.25, 0.3) is 20.8 Å². The number of aromatic nitrogens is 1. The molecule has 4 rings (SSSR count). The molecule has 3 aromatic carbocycles. The number of nitrogens with zero attached hydrogens (tertiary/aromatic N) is 1. The molecule has 4 aromatic rings. The van der Waals surface area contributed by atoms with Crippen molar-refractivity contribution in [2.75, 3.05) is 5.32 Å². The second kappa shape index (κ2) is 9.32. The van der Waals surface area contributed by atoms with Gasteiger partial charge in [0.05, 0.1) is 15.8 Å². The van der Waals surface area contributed by atoms with Crippen molar-refractivity contribution >= 4 is 39.1 Å². The number of nitrogens with one attached hydrogen (secondary N) is 1. The lowest BCUT2D eigenvalue weighted by molar-refractivity contribution is -0.124. The Balaban J connectivity index is 1.55. The van der Waals surface area contributed by atoms with Crippen LogP contribution >= 0.6 is 11.3 Å². The van der Waals surface area contributed by atoms with E-state index in [1.54, 1.807) is 12.1 Å². The number of amides is 1. The molecule has 0 saturated heterocycles. The molecule has 1 aromatic heterocycles. The van der Waals surface area contributed by atoms with Crippen molar-refractivity contribution in [1.82, 2.24) is 4.98 Å². The van der Waals surface area contributed by atoms with Crippen LogP contribution in [0, 0.1) is 13.8 Å². The molecule has 0 spiro atoms. The van der Waals surface area contributed by atoms with Crippen molar-refractivity contribution in [3.63, 3.8) is 0 Å². The molecule has 0 fully saturated rings. The van der Waals surface area contributed by atoms with Gasteiger partial charge in [-0.3, -0.25) is 4.79 Å². The van der Waals surface area contributed by atoms with Crippen LogP contribution in [-0.2, 0) is 9.53 Å². The van der Waals surface area contributed by atoms with E-state index < -0.39 is 12.1 Å². The number of hydrogen-bond donors (Lipinski definition) is 1. The van der Waals surface area contributed by atoms with Gasteiger partial charge in [-0.25, -0.2) is 9.78 Å². The summed E-state index contributed by atoms with van der Waals surface area (Å²) in [5.41, 5.74) is 4.88. The minimum Gasteiger partial charge on any atom is -0.449 e. The van der Waals surface area contributed by atoms with Gasteiger partial charge in [-0.15, -0.1) is 11.3 Å². The number of aryl methyl sites for hydroxylation is 2. The highest BCUT2D eigenvalue weighted by Crippen LogP contribution is 2.32. The maximum Gasteiger partial charge on any atom is 0.339 e. The summed E-state index contributed by atoms with van der Waals surface area (Å²) in [6, 6.07) is 20.7. The third-order valence-electron chi connectivity index (χ3n) is 5.36. The fraction of sp³-hybridized carbons (Fsp3) is 0.192. The first-order chi connectivity index (χ1) is 15.5. The minimum atomic E-state index is -0.896. The Bertz CT molecular complexity index is 1260. The highest BCUT2D eigenvalue weighted by Gasteiger charge is 2.24. The molecule has 1 atom stereocenters. The molecule has 5 nitrogen and oxygen atoms in total. The Morgan fingerprint density at radius 1 is 1.00 bits per heavy atom. The van der Waals surface area contributed by atoms with E-state index in [2.05, 4.69) is 10.3 Å². The van der Waals surface area contributed by atoms with E-state index in [1.165, 1.54) is 11.3 Å². The van der Waals surface area contributed by atoms with Gasteiger partial charge in [0.2, 0.25) is 0 Å². The van der Waals surface area contributed by atoms with Gasteiger partial charge in [0.1, 0.15) is 5.01 Å². The summed E-state index contributed by atoms with van der Waals surface area (Å²) in [7, 11) is 0. The zero-order valence-corrected chi connectivity index (χ0v) is 19.0. The topological polar surface area (TPSA) is 68.3 Å². The fourth-order valence-corrected chi connectivity index (χ4v) is 4.40. The predicted octanol–water partition coefficient (Wildman–Crippen LogP) is 6.15. The van der Waals surface area contributed by atoms with Crippen molar-refractivity contribution in [2.45, 2.75) is 33.3 Å². The van der Waals surface area contributed by atoms with Crippen molar-refractivity contribution in [3.8, 4) is 10.6 Å². The highest BCUT2D eigenvalue weighted by molar-refractivity contribution is 7.21. The number of para-hydroxylation sites is 1. The van der Waals surface area contributed by atoms with Crippen LogP contribution in [0.2, 0.25) is 0 Å². The quantitative estimate of drug-likeness (QED) is 0.362. The zero-order valence-electron chi connectivity index (χ0n) is 18.2. The average Bonchev–Trinajstić information content (AvgIpc) is 3.24. The molecule has 32 heavy (non-hydrogen) atoms. The summed E-state index contributed by atoms with van der Waals surface area (Å²) in [6.45, 7) is 5.82. The molecule has 162 valence electrons. The number of benzene rings is 3. The number of fused-ring (bicyclic) bond motifs is 1. The van der Waals surface area contributed by atoms with E-state index in [1.807, 2.05) is 75.4 Å². The van der Waals surface area contributed by atoms with Crippen molar-refractivity contribution in [1.29, 1.82) is 0 Å². The minimum absolute atomic E-state index is 0.346. The molecule has 1 unspecified atom stereocenters. The summed E-state index contributed by atoms with van der Waals surface area (Å²) in [6.07, 6.45) is -0.529. The highest BCUT2D eigenvalue weighted by atomic mass is 32.1. The Labute approximate surface area is 191 Å². The van der Waals surface area contributed by atoms with Gasteiger partial charge in [-0.05, 0) is 61.7 Å². The van der Waals surface area contributed by atoms with E-state index in [-0.39, 0.29) is 5.91 Å². The molecule has 1 amide bonds. The van der Waals surface area contributed by atoms with Crippen molar-refractivity contribution in [3.05, 3.63) is 83.4 Å². The maximum atomic E-state index is 13.1. The monoisotopic (exact) mass is 444 g/mol. The molecule has 1 N–H and O–H groups in total. The van der Waals surface area contributed by atoms with Crippen LogP contribution in [0.1, 0.15) is 34.8 Å². The van der Waals surface area contributed by atoms with Crippen molar-refractivity contribution < 1.29 is 14.3 Å². The first-order valence-electron chi connectivity index (χ1n) is 10.5. The number of carbonyl (C=O) groups is 2. The normalized spacial score (nSPS) is 11.8. The first-order valence-corrected chi connectivity index (χ1v) is 11.3. The molecule has 0 aliphatic rings. The zero-order chi connectivity index (χ0) is 22.7. The number of hydrogen-bond acceptors (Lipinski definition) is 5. The number of carbonyl (C=O) groups excluding carboxylic acids is 2. The number of ether oxygens (including phenoxy) is 1. The number of anilines is 1. The second-order valence-corrected chi connectivity index (χ2v) is 8.65. The van der Waals surface area contributed by atoms with E-state index in [9.17, 15) is 9.59 Å². The SMILES string of the molecule is CCC(OC(=O)c1ccccc1-c1nc2ccccc2s1)C(=O)Nc1ccc(C)c(C)c1. The van der Waals surface area contributed by atoms with Gasteiger partial charge >= 0.3 is 5.97 Å². The van der Waals surface area contributed by atoms with Gasteiger partial charge in [-0.1, -0.05) is 43.3 Å². The molecule has 0 aliphatic carbocycles. The average molecular weight is 445 g/mol. The third kappa shape index (κ3) is 4.55. The van der Waals surface area contributed by atoms with Gasteiger partial charge in [0.25, 0.3) is 5.91 Å². The van der Waals surface area contributed by atoms with Crippen LogP contribution in [0.15, 0.2) is 66.7 Å². The van der Waals surface area contributed by atoms with E-state index in [0.717, 1.165) is 26.4 Å². The summed E-state index contributed by atoms with van der Waals surface area (Å²) in [5.74, 6) is -0.886. The number of rotatable bonds is 6. The van der Waals surface area contributed by atoms with Crippen LogP contribution in [0.3, 0.4) is 0 Å². The number of thiazole rings is 1. The summed E-state index contributed by atoms with van der Waals surface area (Å²) < 4.78 is 6.68. The standard InChI is InChI=1S/C26H24N2O3S/c1-4-22(24(29)27-18-14-13-16(2)17(3)15-18)31-26(30)20-10-6-5-9-19(20)25-28-21-11-7-8-12-23(21)32-25/h5-15,22H,4H2,1-3H3,(H,27,29). The maximum absolute atomic E-state index is 13.1. The molecule has 1 heterocycles. The molecular weight excluding hydrogens is 420 g/mol. The Kier molecular flexibility index (Phi) is 6.32. The largest absolute Gasteiger partial charge is 0.449 e. The lowest BCUT2D eigenvalue weighted by Crippen LogP contribution is -2.32. The fourth-order valence-electron chi connectivity index (χ4n) is 3.39. The number of esters is 1. The molecule has 0 aliphatic heterocycles. The van der Waals surface area contributed by atoms with Gasteiger partial charge in [0.15, 0.2) is 6.10 Å². The lowest BCUT2D eigenvalue weighted by Gasteiger charge is -2.17. The van der Waals surface area contributed by atoms with Crippen LogP contribution in [0.5, 0.6) is 0 Å². The van der Waals surface area contributed by atoms with Gasteiger partial charge in [0, 0.05) is 11.3 Å². The Hall–Kier alpha value is -3.51. The van der Waals surface area contributed by atoms with E-state index in [0.29, 0.717) is 23.2 Å². The van der Waals surface area contributed by atoms with Gasteiger partial charge < -0.3 is 10.1 Å². The molecule has 0 saturated carbocycles.